The fraction of sp³-hybridized carbons (Fsp3) is 0.923. The van der Waals surface area contributed by atoms with Gasteiger partial charge < -0.3 is 10.0 Å². The van der Waals surface area contributed by atoms with E-state index in [1.807, 2.05) is 0 Å². The number of rotatable bonds is 6. The predicted molar refractivity (Wildman–Crippen MR) is 74.9 cm³/mol. The summed E-state index contributed by atoms with van der Waals surface area (Å²) in [5.74, 6) is -0.413. The molecule has 1 rings (SSSR count). The highest BCUT2D eigenvalue weighted by atomic mass is 32.2. The molecule has 1 N–H and O–H groups in total. The van der Waals surface area contributed by atoms with E-state index in [9.17, 15) is 18.3 Å². The number of piperidine rings is 1. The van der Waals surface area contributed by atoms with Crippen molar-refractivity contribution < 1.29 is 18.3 Å². The average molecular weight is 291 g/mol. The maximum atomic E-state index is 11.3. The molecule has 0 aliphatic carbocycles. The summed E-state index contributed by atoms with van der Waals surface area (Å²) < 4.78 is 22.2. The van der Waals surface area contributed by atoms with Gasteiger partial charge in [-0.1, -0.05) is 0 Å². The van der Waals surface area contributed by atoms with Crippen molar-refractivity contribution in [3.63, 3.8) is 0 Å². The third-order valence-electron chi connectivity index (χ3n) is 4.07. The first-order valence-corrected chi connectivity index (χ1v) is 8.82. The molecule has 0 spiro atoms. The fourth-order valence-corrected chi connectivity index (χ4v) is 3.23. The number of aliphatic carboxylic acids is 1. The molecule has 5 nitrogen and oxygen atoms in total. The maximum absolute atomic E-state index is 11.3. The Morgan fingerprint density at radius 2 is 2.05 bits per heavy atom. The molecule has 6 heteroatoms. The number of likely N-dealkylation sites (tertiary alicyclic amines) is 1. The SMILES string of the molecule is CC(C)(C(=O)O)C1CCCN(CCCS(C)(=O)=O)C1. The zero-order valence-corrected chi connectivity index (χ0v) is 12.9. The minimum absolute atomic E-state index is 0.136. The first-order valence-electron chi connectivity index (χ1n) is 6.76. The molecule has 1 unspecified atom stereocenters. The van der Waals surface area contributed by atoms with Crippen molar-refractivity contribution in [2.75, 3.05) is 31.6 Å². The lowest BCUT2D eigenvalue weighted by Gasteiger charge is -2.39. The van der Waals surface area contributed by atoms with Crippen LogP contribution in [0.1, 0.15) is 33.1 Å². The van der Waals surface area contributed by atoms with Gasteiger partial charge in [-0.2, -0.15) is 0 Å². The standard InChI is InChI=1S/C13H25NO4S/c1-13(2,12(15)16)11-6-4-7-14(10-11)8-5-9-19(3,17)18/h11H,4-10H2,1-3H3,(H,15,16). The van der Waals surface area contributed by atoms with Crippen molar-refractivity contribution in [3.8, 4) is 0 Å². The van der Waals surface area contributed by atoms with E-state index in [1.165, 1.54) is 6.26 Å². The van der Waals surface area contributed by atoms with Gasteiger partial charge in [0, 0.05) is 12.8 Å². The van der Waals surface area contributed by atoms with Crippen LogP contribution in [-0.4, -0.2) is 56.0 Å². The number of nitrogens with zero attached hydrogens (tertiary/aromatic N) is 1. The van der Waals surface area contributed by atoms with Crippen LogP contribution < -0.4 is 0 Å². The zero-order valence-electron chi connectivity index (χ0n) is 12.1. The van der Waals surface area contributed by atoms with Crippen molar-refractivity contribution in [2.45, 2.75) is 33.1 Å². The molecule has 1 atom stereocenters. The van der Waals surface area contributed by atoms with Crippen molar-refractivity contribution in [1.82, 2.24) is 4.90 Å². The number of sulfone groups is 1. The molecule has 0 aromatic carbocycles. The highest BCUT2D eigenvalue weighted by Gasteiger charge is 2.38. The molecule has 0 amide bonds. The van der Waals surface area contributed by atoms with E-state index in [-0.39, 0.29) is 11.7 Å². The predicted octanol–water partition coefficient (Wildman–Crippen LogP) is 1.24. The number of carbonyl (C=O) groups is 1. The molecular weight excluding hydrogens is 266 g/mol. The summed E-state index contributed by atoms with van der Waals surface area (Å²) in [5.41, 5.74) is -0.713. The Bertz CT molecular complexity index is 416. The quantitative estimate of drug-likeness (QED) is 0.797. The van der Waals surface area contributed by atoms with E-state index in [0.717, 1.165) is 32.5 Å². The van der Waals surface area contributed by atoms with Gasteiger partial charge in [-0.3, -0.25) is 4.79 Å². The molecule has 0 saturated carbocycles. The van der Waals surface area contributed by atoms with Crippen LogP contribution in [0.2, 0.25) is 0 Å². The summed E-state index contributed by atoms with van der Waals surface area (Å²) >= 11 is 0. The second kappa shape index (κ2) is 6.22. The first-order chi connectivity index (χ1) is 8.63. The van der Waals surface area contributed by atoms with E-state index >= 15 is 0 Å². The third kappa shape index (κ3) is 5.10. The second-order valence-corrected chi connectivity index (χ2v) is 8.41. The van der Waals surface area contributed by atoms with Gasteiger partial charge in [-0.25, -0.2) is 8.42 Å². The van der Waals surface area contributed by atoms with Gasteiger partial charge in [-0.15, -0.1) is 0 Å². The summed E-state index contributed by atoms with van der Waals surface area (Å²) in [5, 5.41) is 9.26. The molecule has 0 aromatic rings. The summed E-state index contributed by atoms with van der Waals surface area (Å²) in [6.07, 6.45) is 3.79. The monoisotopic (exact) mass is 291 g/mol. The number of carboxylic acids is 1. The van der Waals surface area contributed by atoms with Gasteiger partial charge >= 0.3 is 5.97 Å². The second-order valence-electron chi connectivity index (χ2n) is 6.15. The molecular formula is C13H25NO4S. The van der Waals surface area contributed by atoms with Gasteiger partial charge in [0.1, 0.15) is 9.84 Å². The van der Waals surface area contributed by atoms with Gasteiger partial charge in [0.25, 0.3) is 0 Å². The Balaban J connectivity index is 2.49. The Morgan fingerprint density at radius 3 is 2.58 bits per heavy atom. The average Bonchev–Trinajstić information content (AvgIpc) is 2.27. The van der Waals surface area contributed by atoms with Crippen LogP contribution in [0.25, 0.3) is 0 Å². The minimum Gasteiger partial charge on any atom is -0.481 e. The van der Waals surface area contributed by atoms with Crippen LogP contribution in [0.5, 0.6) is 0 Å². The third-order valence-corrected chi connectivity index (χ3v) is 5.10. The zero-order chi connectivity index (χ0) is 14.7. The van der Waals surface area contributed by atoms with E-state index in [1.54, 1.807) is 13.8 Å². The van der Waals surface area contributed by atoms with Crippen LogP contribution in [0.3, 0.4) is 0 Å². The topological polar surface area (TPSA) is 74.7 Å². The molecule has 1 aliphatic heterocycles. The van der Waals surface area contributed by atoms with Crippen LogP contribution in [0.4, 0.5) is 0 Å². The summed E-state index contributed by atoms with van der Waals surface area (Å²) in [4.78, 5) is 13.5. The summed E-state index contributed by atoms with van der Waals surface area (Å²) in [7, 11) is -2.90. The van der Waals surface area contributed by atoms with Crippen LogP contribution >= 0.6 is 0 Å². The fourth-order valence-electron chi connectivity index (χ4n) is 2.57. The Morgan fingerprint density at radius 1 is 1.42 bits per heavy atom. The first kappa shape index (κ1) is 16.4. The lowest BCUT2D eigenvalue weighted by atomic mass is 9.74. The molecule has 0 radical (unpaired) electrons. The molecule has 1 aliphatic rings. The molecule has 19 heavy (non-hydrogen) atoms. The van der Waals surface area contributed by atoms with E-state index in [0.29, 0.717) is 6.42 Å². The van der Waals surface area contributed by atoms with Crippen molar-refractivity contribution in [2.24, 2.45) is 11.3 Å². The van der Waals surface area contributed by atoms with Gasteiger partial charge in [0.05, 0.1) is 11.2 Å². The molecule has 1 fully saturated rings. The summed E-state index contributed by atoms with van der Waals surface area (Å²) in [6, 6.07) is 0. The number of hydrogen-bond acceptors (Lipinski definition) is 4. The van der Waals surface area contributed by atoms with Gasteiger partial charge in [0.2, 0.25) is 0 Å². The van der Waals surface area contributed by atoms with E-state index < -0.39 is 21.2 Å². The maximum Gasteiger partial charge on any atom is 0.309 e. The lowest BCUT2D eigenvalue weighted by Crippen LogP contribution is -2.45. The molecule has 0 bridgehead atoms. The normalized spacial score (nSPS) is 22.4. The van der Waals surface area contributed by atoms with Gasteiger partial charge in [0.15, 0.2) is 0 Å². The van der Waals surface area contributed by atoms with E-state index in [4.69, 9.17) is 0 Å². The molecule has 0 aromatic heterocycles. The van der Waals surface area contributed by atoms with E-state index in [2.05, 4.69) is 4.90 Å². The summed E-state index contributed by atoms with van der Waals surface area (Å²) in [6.45, 7) is 5.98. The Labute approximate surface area is 115 Å². The largest absolute Gasteiger partial charge is 0.481 e. The Kier molecular flexibility index (Phi) is 5.38. The smallest absolute Gasteiger partial charge is 0.309 e. The van der Waals surface area contributed by atoms with Crippen LogP contribution in [0, 0.1) is 11.3 Å². The highest BCUT2D eigenvalue weighted by Crippen LogP contribution is 2.34. The number of hydrogen-bond donors (Lipinski definition) is 1. The van der Waals surface area contributed by atoms with Gasteiger partial charge in [-0.05, 0) is 52.1 Å². The molecule has 112 valence electrons. The lowest BCUT2D eigenvalue weighted by molar-refractivity contribution is -0.151. The van der Waals surface area contributed by atoms with Crippen LogP contribution in [-0.2, 0) is 14.6 Å². The Hall–Kier alpha value is -0.620. The number of carboxylic acid groups (broad SMARTS) is 1. The van der Waals surface area contributed by atoms with Crippen molar-refractivity contribution >= 4 is 15.8 Å². The van der Waals surface area contributed by atoms with Crippen LogP contribution in [0.15, 0.2) is 0 Å². The van der Waals surface area contributed by atoms with Crippen molar-refractivity contribution in [3.05, 3.63) is 0 Å². The molecule has 1 saturated heterocycles. The molecule has 1 heterocycles. The van der Waals surface area contributed by atoms with Crippen molar-refractivity contribution in [1.29, 1.82) is 0 Å². The highest BCUT2D eigenvalue weighted by molar-refractivity contribution is 7.90. The minimum atomic E-state index is -2.90.